The highest BCUT2D eigenvalue weighted by Crippen LogP contribution is 2.31. The number of halogens is 6. The largest absolute Gasteiger partial charge is 0.416 e. The second-order valence-corrected chi connectivity index (χ2v) is 4.02. The lowest BCUT2D eigenvalue weighted by Crippen LogP contribution is -2.38. The molecule has 0 fully saturated rings. The first kappa shape index (κ1) is 15.8. The van der Waals surface area contributed by atoms with Crippen molar-refractivity contribution in [1.82, 2.24) is 0 Å². The SMILES string of the molecule is N[C@@H](C[C@@H](O)c1ccc(C(F)(F)F)cc1)C(F)(F)F. The zero-order chi connectivity index (χ0) is 14.8. The van der Waals surface area contributed by atoms with Gasteiger partial charge in [0.05, 0.1) is 11.7 Å². The molecule has 0 heterocycles. The zero-order valence-corrected chi connectivity index (χ0v) is 9.46. The normalized spacial score (nSPS) is 16.2. The number of alkyl halides is 6. The molecule has 1 aromatic rings. The molecule has 19 heavy (non-hydrogen) atoms. The van der Waals surface area contributed by atoms with Gasteiger partial charge in [0.15, 0.2) is 0 Å². The molecule has 0 aliphatic carbocycles. The van der Waals surface area contributed by atoms with E-state index in [2.05, 4.69) is 0 Å². The van der Waals surface area contributed by atoms with Crippen LogP contribution in [0, 0.1) is 0 Å². The molecule has 0 saturated heterocycles. The minimum absolute atomic E-state index is 0.0484. The minimum Gasteiger partial charge on any atom is -0.388 e. The van der Waals surface area contributed by atoms with Gasteiger partial charge in [-0.15, -0.1) is 0 Å². The molecule has 0 amide bonds. The van der Waals surface area contributed by atoms with Crippen LogP contribution in [0.15, 0.2) is 24.3 Å². The van der Waals surface area contributed by atoms with Gasteiger partial charge in [-0.05, 0) is 17.7 Å². The molecular formula is C11H11F6NO. The van der Waals surface area contributed by atoms with Gasteiger partial charge in [-0.2, -0.15) is 26.3 Å². The van der Waals surface area contributed by atoms with Crippen molar-refractivity contribution in [3.05, 3.63) is 35.4 Å². The Labute approximate surface area is 104 Å². The van der Waals surface area contributed by atoms with Gasteiger partial charge in [-0.1, -0.05) is 12.1 Å². The fraction of sp³-hybridized carbons (Fsp3) is 0.455. The van der Waals surface area contributed by atoms with Crippen LogP contribution in [0.25, 0.3) is 0 Å². The van der Waals surface area contributed by atoms with Crippen molar-refractivity contribution < 1.29 is 31.4 Å². The zero-order valence-electron chi connectivity index (χ0n) is 9.46. The van der Waals surface area contributed by atoms with Crippen LogP contribution in [-0.2, 0) is 6.18 Å². The average molecular weight is 287 g/mol. The molecule has 108 valence electrons. The number of rotatable bonds is 3. The molecule has 8 heteroatoms. The molecule has 0 bridgehead atoms. The number of aliphatic hydroxyl groups excluding tert-OH is 1. The van der Waals surface area contributed by atoms with Gasteiger partial charge in [-0.25, -0.2) is 0 Å². The predicted molar refractivity (Wildman–Crippen MR) is 55.1 cm³/mol. The molecule has 0 saturated carbocycles. The maximum Gasteiger partial charge on any atom is 0.416 e. The highest BCUT2D eigenvalue weighted by Gasteiger charge is 2.38. The summed E-state index contributed by atoms with van der Waals surface area (Å²) in [6, 6.07) is 1.01. The van der Waals surface area contributed by atoms with Crippen molar-refractivity contribution in [3.63, 3.8) is 0 Å². The van der Waals surface area contributed by atoms with Crippen LogP contribution in [0.1, 0.15) is 23.7 Å². The standard InChI is InChI=1S/C11H11F6NO/c12-10(13,14)7-3-1-6(2-4-7)8(19)5-9(18)11(15,16)17/h1-4,8-9,19H,5,18H2/t8-,9+/m1/s1. The molecule has 2 atom stereocenters. The second-order valence-electron chi connectivity index (χ2n) is 4.02. The molecule has 3 N–H and O–H groups in total. The Morgan fingerprint density at radius 3 is 1.84 bits per heavy atom. The number of benzene rings is 1. The van der Waals surface area contributed by atoms with E-state index in [4.69, 9.17) is 5.73 Å². The summed E-state index contributed by atoms with van der Waals surface area (Å²) in [5.41, 5.74) is 3.83. The van der Waals surface area contributed by atoms with Crippen molar-refractivity contribution in [2.24, 2.45) is 5.73 Å². The molecule has 2 nitrogen and oxygen atoms in total. The van der Waals surface area contributed by atoms with Crippen LogP contribution in [0.2, 0.25) is 0 Å². The molecule has 1 aromatic carbocycles. The highest BCUT2D eigenvalue weighted by molar-refractivity contribution is 5.26. The monoisotopic (exact) mass is 287 g/mol. The highest BCUT2D eigenvalue weighted by atomic mass is 19.4. The Morgan fingerprint density at radius 2 is 1.47 bits per heavy atom. The van der Waals surface area contributed by atoms with Gasteiger partial charge in [0.1, 0.15) is 6.04 Å². The van der Waals surface area contributed by atoms with Gasteiger partial charge in [-0.3, -0.25) is 0 Å². The van der Waals surface area contributed by atoms with Crippen LogP contribution in [0.3, 0.4) is 0 Å². The fourth-order valence-electron chi connectivity index (χ4n) is 1.40. The van der Waals surface area contributed by atoms with Gasteiger partial charge in [0.25, 0.3) is 0 Å². The molecule has 0 aliphatic heterocycles. The minimum atomic E-state index is -4.66. The van der Waals surface area contributed by atoms with E-state index in [0.717, 1.165) is 12.1 Å². The van der Waals surface area contributed by atoms with Crippen molar-refractivity contribution >= 4 is 0 Å². The Balaban J connectivity index is 2.76. The first-order valence-corrected chi connectivity index (χ1v) is 5.19. The summed E-state index contributed by atoms with van der Waals surface area (Å²) in [5.74, 6) is 0. The molecule has 1 rings (SSSR count). The van der Waals surface area contributed by atoms with Gasteiger partial charge < -0.3 is 10.8 Å². The molecule has 0 spiro atoms. The number of hydrogen-bond acceptors (Lipinski definition) is 2. The Morgan fingerprint density at radius 1 is 1.00 bits per heavy atom. The fourth-order valence-corrected chi connectivity index (χ4v) is 1.40. The first-order valence-electron chi connectivity index (χ1n) is 5.19. The van der Waals surface area contributed by atoms with E-state index < -0.39 is 36.5 Å². The molecule has 0 aromatic heterocycles. The Hall–Kier alpha value is -1.28. The summed E-state index contributed by atoms with van der Waals surface area (Å²) in [4.78, 5) is 0. The van der Waals surface area contributed by atoms with E-state index >= 15 is 0 Å². The van der Waals surface area contributed by atoms with E-state index in [-0.39, 0.29) is 5.56 Å². The van der Waals surface area contributed by atoms with Crippen molar-refractivity contribution in [2.75, 3.05) is 0 Å². The van der Waals surface area contributed by atoms with Crippen molar-refractivity contribution in [2.45, 2.75) is 30.9 Å². The Kier molecular flexibility index (Phi) is 4.46. The van der Waals surface area contributed by atoms with Crippen LogP contribution in [-0.4, -0.2) is 17.3 Å². The number of aliphatic hydroxyl groups is 1. The molecule has 0 radical (unpaired) electrons. The molecular weight excluding hydrogens is 276 g/mol. The van der Waals surface area contributed by atoms with Gasteiger partial charge in [0, 0.05) is 6.42 Å². The van der Waals surface area contributed by atoms with E-state index in [1.165, 1.54) is 0 Å². The van der Waals surface area contributed by atoms with E-state index in [1.807, 2.05) is 0 Å². The lowest BCUT2D eigenvalue weighted by molar-refractivity contribution is -0.153. The van der Waals surface area contributed by atoms with Crippen LogP contribution in [0.5, 0.6) is 0 Å². The third-order valence-corrected chi connectivity index (χ3v) is 2.52. The summed E-state index contributed by atoms with van der Waals surface area (Å²) in [6.45, 7) is 0. The summed E-state index contributed by atoms with van der Waals surface area (Å²) >= 11 is 0. The predicted octanol–water partition coefficient (Wildman–Crippen LogP) is 3.02. The van der Waals surface area contributed by atoms with E-state index in [1.54, 1.807) is 0 Å². The maximum atomic E-state index is 12.3. The summed E-state index contributed by atoms with van der Waals surface area (Å²) in [7, 11) is 0. The first-order chi connectivity index (χ1) is 8.51. The van der Waals surface area contributed by atoms with Crippen molar-refractivity contribution in [1.29, 1.82) is 0 Å². The number of hydrogen-bond donors (Lipinski definition) is 2. The second kappa shape index (κ2) is 5.38. The lowest BCUT2D eigenvalue weighted by atomic mass is 10.0. The van der Waals surface area contributed by atoms with Gasteiger partial charge >= 0.3 is 12.4 Å². The quantitative estimate of drug-likeness (QED) is 0.839. The average Bonchev–Trinajstić information content (AvgIpc) is 2.26. The summed E-state index contributed by atoms with van der Waals surface area (Å²) in [6.07, 6.45) is -11.6. The third-order valence-electron chi connectivity index (χ3n) is 2.52. The molecule has 0 aliphatic rings. The van der Waals surface area contributed by atoms with Crippen LogP contribution in [0.4, 0.5) is 26.3 Å². The summed E-state index contributed by atoms with van der Waals surface area (Å²) < 4.78 is 73.2. The lowest BCUT2D eigenvalue weighted by Gasteiger charge is -2.19. The van der Waals surface area contributed by atoms with Crippen molar-refractivity contribution in [3.8, 4) is 0 Å². The third kappa shape index (κ3) is 4.39. The molecule has 0 unspecified atom stereocenters. The van der Waals surface area contributed by atoms with E-state index in [0.29, 0.717) is 12.1 Å². The van der Waals surface area contributed by atoms with Gasteiger partial charge in [0.2, 0.25) is 0 Å². The topological polar surface area (TPSA) is 46.2 Å². The smallest absolute Gasteiger partial charge is 0.388 e. The van der Waals surface area contributed by atoms with Crippen LogP contribution >= 0.6 is 0 Å². The summed E-state index contributed by atoms with van der Waals surface area (Å²) in [5, 5.41) is 9.49. The Bertz CT molecular complexity index is 411. The van der Waals surface area contributed by atoms with E-state index in [9.17, 15) is 31.4 Å². The maximum absolute atomic E-state index is 12.3. The van der Waals surface area contributed by atoms with Crippen LogP contribution < -0.4 is 5.73 Å². The number of nitrogens with two attached hydrogens (primary N) is 1.